The van der Waals surface area contributed by atoms with Crippen LogP contribution in [0.3, 0.4) is 0 Å². The summed E-state index contributed by atoms with van der Waals surface area (Å²) in [5.74, 6) is -0.655. The minimum atomic E-state index is -0.874. The lowest BCUT2D eigenvalue weighted by Gasteiger charge is -2.34. The first kappa shape index (κ1) is 27.9. The van der Waals surface area contributed by atoms with Gasteiger partial charge >= 0.3 is 6.09 Å². The number of hydrogen-bond acceptors (Lipinski definition) is 4. The smallest absolute Gasteiger partial charge is 0.408 e. The number of carbonyl (C=O) groups is 3. The molecule has 7 nitrogen and oxygen atoms in total. The number of nitrogens with zero attached hydrogens (tertiary/aromatic N) is 1. The first-order chi connectivity index (χ1) is 16.4. The Morgan fingerprint density at radius 2 is 1.57 bits per heavy atom. The van der Waals surface area contributed by atoms with Crippen molar-refractivity contribution < 1.29 is 19.1 Å². The average molecular weight is 482 g/mol. The fourth-order valence-corrected chi connectivity index (χ4v) is 3.80. The third kappa shape index (κ3) is 8.12. The van der Waals surface area contributed by atoms with Crippen LogP contribution in [0, 0.1) is 13.8 Å². The minimum Gasteiger partial charge on any atom is -0.444 e. The predicted octanol–water partition coefficient (Wildman–Crippen LogP) is 5.53. The molecule has 3 amide bonds. The van der Waals surface area contributed by atoms with Crippen LogP contribution >= 0.6 is 0 Å². The van der Waals surface area contributed by atoms with E-state index in [1.54, 1.807) is 32.6 Å². The molecule has 0 radical (unpaired) electrons. The Labute approximate surface area is 209 Å². The Kier molecular flexibility index (Phi) is 9.87. The number of para-hydroxylation sites is 1. The van der Waals surface area contributed by atoms with Crippen molar-refractivity contribution in [1.29, 1.82) is 0 Å². The number of alkyl carbamates (subject to hydrolysis) is 1. The van der Waals surface area contributed by atoms with Gasteiger partial charge in [-0.05, 0) is 64.7 Å². The van der Waals surface area contributed by atoms with Crippen molar-refractivity contribution in [3.8, 4) is 0 Å². The lowest BCUT2D eigenvalue weighted by Crippen LogP contribution is -2.51. The Balaban J connectivity index is 2.41. The molecule has 0 bridgehead atoms. The van der Waals surface area contributed by atoms with Gasteiger partial charge in [-0.2, -0.15) is 0 Å². The van der Waals surface area contributed by atoms with Crippen molar-refractivity contribution in [3.63, 3.8) is 0 Å². The monoisotopic (exact) mass is 481 g/mol. The van der Waals surface area contributed by atoms with E-state index in [1.165, 1.54) is 0 Å². The molecule has 0 saturated heterocycles. The number of anilines is 1. The average Bonchev–Trinajstić information content (AvgIpc) is 2.77. The summed E-state index contributed by atoms with van der Waals surface area (Å²) in [5, 5.41) is 5.68. The number of ether oxygens (including phenoxy) is 1. The van der Waals surface area contributed by atoms with E-state index < -0.39 is 23.8 Å². The number of carbonyl (C=O) groups excluding carboxylic acids is 3. The Hall–Kier alpha value is -3.35. The molecule has 0 aromatic heterocycles. The van der Waals surface area contributed by atoms with Gasteiger partial charge in [0.2, 0.25) is 5.91 Å². The van der Waals surface area contributed by atoms with Gasteiger partial charge < -0.3 is 20.3 Å². The van der Waals surface area contributed by atoms with Crippen molar-refractivity contribution in [2.45, 2.75) is 79.0 Å². The third-order valence-corrected chi connectivity index (χ3v) is 5.54. The number of rotatable bonds is 9. The highest BCUT2D eigenvalue weighted by atomic mass is 16.6. The molecule has 0 spiro atoms. The second kappa shape index (κ2) is 12.4. The molecular weight excluding hydrogens is 442 g/mol. The fourth-order valence-electron chi connectivity index (χ4n) is 3.80. The number of benzene rings is 2. The lowest BCUT2D eigenvalue weighted by molar-refractivity contribution is -0.140. The number of amides is 3. The normalized spacial score (nSPS) is 12.9. The van der Waals surface area contributed by atoms with E-state index in [4.69, 9.17) is 4.74 Å². The molecule has 0 fully saturated rings. The van der Waals surface area contributed by atoms with E-state index in [1.807, 2.05) is 69.3 Å². The standard InChI is InChI=1S/C28H39N3O4/c1-8-9-18-31(26(33)21(4)29-27(34)35-28(5,6)7)24(22-16-11-10-12-17-22)25(32)30-23-19(2)14-13-15-20(23)3/h10-17,21,24H,8-9,18H2,1-7H3,(H,29,34)(H,30,32). The van der Waals surface area contributed by atoms with Crippen molar-refractivity contribution in [2.24, 2.45) is 0 Å². The molecule has 7 heteroatoms. The van der Waals surface area contributed by atoms with Gasteiger partial charge in [-0.15, -0.1) is 0 Å². The third-order valence-electron chi connectivity index (χ3n) is 5.54. The van der Waals surface area contributed by atoms with Gasteiger partial charge in [-0.25, -0.2) is 4.79 Å². The summed E-state index contributed by atoms with van der Waals surface area (Å²) >= 11 is 0. The predicted molar refractivity (Wildman–Crippen MR) is 139 cm³/mol. The summed E-state index contributed by atoms with van der Waals surface area (Å²) in [5.41, 5.74) is 2.63. The molecule has 2 aromatic rings. The molecule has 0 aliphatic heterocycles. The van der Waals surface area contributed by atoms with Gasteiger partial charge in [0, 0.05) is 12.2 Å². The maximum absolute atomic E-state index is 13.7. The van der Waals surface area contributed by atoms with Gasteiger partial charge in [0.25, 0.3) is 5.91 Å². The van der Waals surface area contributed by atoms with E-state index in [-0.39, 0.29) is 11.8 Å². The van der Waals surface area contributed by atoms with E-state index in [0.29, 0.717) is 18.5 Å². The molecular formula is C28H39N3O4. The zero-order chi connectivity index (χ0) is 26.2. The van der Waals surface area contributed by atoms with Crippen LogP contribution in [-0.2, 0) is 14.3 Å². The molecule has 0 heterocycles. The molecule has 0 aliphatic carbocycles. The quantitative estimate of drug-likeness (QED) is 0.493. The van der Waals surface area contributed by atoms with E-state index in [0.717, 1.165) is 23.2 Å². The second-order valence-corrected chi connectivity index (χ2v) is 9.82. The molecule has 2 N–H and O–H groups in total. The van der Waals surface area contributed by atoms with Crippen molar-refractivity contribution in [3.05, 3.63) is 65.2 Å². The molecule has 2 rings (SSSR count). The van der Waals surface area contributed by atoms with Crippen LogP contribution in [0.5, 0.6) is 0 Å². The highest BCUT2D eigenvalue weighted by molar-refractivity contribution is 5.99. The van der Waals surface area contributed by atoms with E-state index in [2.05, 4.69) is 10.6 Å². The zero-order valence-electron chi connectivity index (χ0n) is 22.0. The SMILES string of the molecule is CCCCN(C(=O)C(C)NC(=O)OC(C)(C)C)C(C(=O)Nc1c(C)cccc1C)c1ccccc1. The van der Waals surface area contributed by atoms with Crippen LogP contribution in [0.1, 0.15) is 70.2 Å². The largest absolute Gasteiger partial charge is 0.444 e. The van der Waals surface area contributed by atoms with Gasteiger partial charge in [0.05, 0.1) is 0 Å². The molecule has 2 atom stereocenters. The summed E-state index contributed by atoms with van der Waals surface area (Å²) in [7, 11) is 0. The molecule has 2 unspecified atom stereocenters. The molecule has 2 aromatic carbocycles. The molecule has 0 saturated carbocycles. The summed E-state index contributed by atoms with van der Waals surface area (Å²) in [4.78, 5) is 41.2. The van der Waals surface area contributed by atoms with Gasteiger partial charge in [0.1, 0.15) is 17.7 Å². The summed E-state index contributed by atoms with van der Waals surface area (Å²) in [6.07, 6.45) is 0.882. The van der Waals surface area contributed by atoms with Crippen molar-refractivity contribution >= 4 is 23.6 Å². The summed E-state index contributed by atoms with van der Waals surface area (Å²) in [6, 6.07) is 13.3. The Morgan fingerprint density at radius 3 is 2.11 bits per heavy atom. The van der Waals surface area contributed by atoms with Crippen LogP contribution in [0.25, 0.3) is 0 Å². The minimum absolute atomic E-state index is 0.303. The first-order valence-corrected chi connectivity index (χ1v) is 12.2. The number of aryl methyl sites for hydroxylation is 2. The Bertz CT molecular complexity index is 994. The summed E-state index contributed by atoms with van der Waals surface area (Å²) < 4.78 is 5.32. The summed E-state index contributed by atoms with van der Waals surface area (Å²) in [6.45, 7) is 13.2. The molecule has 35 heavy (non-hydrogen) atoms. The van der Waals surface area contributed by atoms with Gasteiger partial charge in [-0.1, -0.05) is 61.9 Å². The van der Waals surface area contributed by atoms with Gasteiger partial charge in [-0.3, -0.25) is 9.59 Å². The maximum Gasteiger partial charge on any atom is 0.408 e. The zero-order valence-corrected chi connectivity index (χ0v) is 22.0. The number of unbranched alkanes of at least 4 members (excludes halogenated alkanes) is 1. The fraction of sp³-hybridized carbons (Fsp3) is 0.464. The van der Waals surface area contributed by atoms with Crippen molar-refractivity contribution in [1.82, 2.24) is 10.2 Å². The molecule has 0 aliphatic rings. The van der Waals surface area contributed by atoms with Crippen LogP contribution in [0.2, 0.25) is 0 Å². The van der Waals surface area contributed by atoms with Crippen LogP contribution in [0.15, 0.2) is 48.5 Å². The lowest BCUT2D eigenvalue weighted by atomic mass is 10.0. The highest BCUT2D eigenvalue weighted by Crippen LogP contribution is 2.27. The van der Waals surface area contributed by atoms with Crippen LogP contribution in [0.4, 0.5) is 10.5 Å². The molecule has 190 valence electrons. The number of nitrogens with one attached hydrogen (secondary N) is 2. The van der Waals surface area contributed by atoms with Crippen LogP contribution in [-0.4, -0.2) is 41.0 Å². The van der Waals surface area contributed by atoms with Crippen LogP contribution < -0.4 is 10.6 Å². The Morgan fingerprint density at radius 1 is 0.971 bits per heavy atom. The maximum atomic E-state index is 13.7. The second-order valence-electron chi connectivity index (χ2n) is 9.82. The van der Waals surface area contributed by atoms with Crippen molar-refractivity contribution in [2.75, 3.05) is 11.9 Å². The van der Waals surface area contributed by atoms with Gasteiger partial charge in [0.15, 0.2) is 0 Å². The highest BCUT2D eigenvalue weighted by Gasteiger charge is 2.34. The topological polar surface area (TPSA) is 87.7 Å². The first-order valence-electron chi connectivity index (χ1n) is 12.2. The van der Waals surface area contributed by atoms with E-state index in [9.17, 15) is 14.4 Å². The number of hydrogen-bond donors (Lipinski definition) is 2. The van der Waals surface area contributed by atoms with E-state index >= 15 is 0 Å².